The first-order valence-corrected chi connectivity index (χ1v) is 5.76. The first-order chi connectivity index (χ1) is 6.29. The van der Waals surface area contributed by atoms with Gasteiger partial charge in [0, 0.05) is 11.8 Å². The van der Waals surface area contributed by atoms with Crippen LogP contribution in [0.5, 0.6) is 5.75 Å². The summed E-state index contributed by atoms with van der Waals surface area (Å²) in [5, 5.41) is 1.03. The maximum absolute atomic E-state index is 5.63. The average molecular weight is 241 g/mol. The minimum absolute atomic E-state index is 0.356. The minimum Gasteiger partial charge on any atom is -0.490 e. The van der Waals surface area contributed by atoms with Crippen molar-refractivity contribution < 1.29 is 4.74 Å². The quantitative estimate of drug-likeness (QED) is 0.723. The number of benzene rings is 1. The van der Waals surface area contributed by atoms with E-state index in [1.165, 1.54) is 11.1 Å². The standard InChI is InChI=1S/C11H13BrO/c1-8-6-10-7-9(4-5-12)2-3-11(10)13-8/h2-3,7-8H,4-6H2,1H3. The predicted molar refractivity (Wildman–Crippen MR) is 57.7 cm³/mol. The fourth-order valence-corrected chi connectivity index (χ4v) is 2.20. The molecule has 2 heteroatoms. The Balaban J connectivity index is 2.24. The van der Waals surface area contributed by atoms with Crippen molar-refractivity contribution in [3.8, 4) is 5.75 Å². The third-order valence-corrected chi connectivity index (χ3v) is 2.74. The van der Waals surface area contributed by atoms with E-state index < -0.39 is 0 Å². The number of rotatable bonds is 2. The summed E-state index contributed by atoms with van der Waals surface area (Å²) >= 11 is 3.45. The van der Waals surface area contributed by atoms with Crippen LogP contribution in [0.1, 0.15) is 18.1 Å². The van der Waals surface area contributed by atoms with Crippen LogP contribution < -0.4 is 4.74 Å². The second kappa shape index (κ2) is 3.70. The summed E-state index contributed by atoms with van der Waals surface area (Å²) in [5.74, 6) is 1.07. The fourth-order valence-electron chi connectivity index (χ4n) is 1.74. The SMILES string of the molecule is CC1Cc2cc(CCBr)ccc2O1. The molecule has 0 N–H and O–H groups in total. The smallest absolute Gasteiger partial charge is 0.123 e. The van der Waals surface area contributed by atoms with Crippen LogP contribution in [0.3, 0.4) is 0 Å². The Morgan fingerprint density at radius 1 is 1.54 bits per heavy atom. The first kappa shape index (κ1) is 9.07. The average Bonchev–Trinajstić information content (AvgIpc) is 2.44. The topological polar surface area (TPSA) is 9.23 Å². The Labute approximate surface area is 87.2 Å². The second-order valence-electron chi connectivity index (χ2n) is 3.51. The van der Waals surface area contributed by atoms with Crippen molar-refractivity contribution in [3.63, 3.8) is 0 Å². The van der Waals surface area contributed by atoms with Crippen LogP contribution >= 0.6 is 15.9 Å². The van der Waals surface area contributed by atoms with E-state index in [1.807, 2.05) is 0 Å². The molecule has 1 aromatic carbocycles. The molecule has 0 aromatic heterocycles. The van der Waals surface area contributed by atoms with Crippen molar-refractivity contribution >= 4 is 15.9 Å². The Morgan fingerprint density at radius 3 is 3.15 bits per heavy atom. The van der Waals surface area contributed by atoms with E-state index in [9.17, 15) is 0 Å². The number of alkyl halides is 1. The van der Waals surface area contributed by atoms with Gasteiger partial charge in [-0.15, -0.1) is 0 Å². The van der Waals surface area contributed by atoms with Gasteiger partial charge in [-0.25, -0.2) is 0 Å². The third kappa shape index (κ3) is 1.88. The fraction of sp³-hybridized carbons (Fsp3) is 0.455. The van der Waals surface area contributed by atoms with E-state index in [-0.39, 0.29) is 0 Å². The minimum atomic E-state index is 0.356. The molecule has 0 saturated carbocycles. The van der Waals surface area contributed by atoms with Crippen molar-refractivity contribution in [2.75, 3.05) is 5.33 Å². The second-order valence-corrected chi connectivity index (χ2v) is 4.31. The van der Waals surface area contributed by atoms with Gasteiger partial charge in [0.05, 0.1) is 0 Å². The summed E-state index contributed by atoms with van der Waals surface area (Å²) in [5.41, 5.74) is 2.76. The molecule has 1 atom stereocenters. The summed E-state index contributed by atoms with van der Waals surface area (Å²) in [4.78, 5) is 0. The molecule has 70 valence electrons. The molecule has 1 aromatic rings. The molecule has 0 radical (unpaired) electrons. The van der Waals surface area contributed by atoms with Gasteiger partial charge in [-0.2, -0.15) is 0 Å². The van der Waals surface area contributed by atoms with Crippen LogP contribution in [0.15, 0.2) is 18.2 Å². The maximum Gasteiger partial charge on any atom is 0.123 e. The van der Waals surface area contributed by atoms with Crippen LogP contribution in [0, 0.1) is 0 Å². The van der Waals surface area contributed by atoms with E-state index in [0.717, 1.165) is 23.9 Å². The Hall–Kier alpha value is -0.500. The molecule has 0 amide bonds. The van der Waals surface area contributed by atoms with Crippen LogP contribution in [0.2, 0.25) is 0 Å². The van der Waals surface area contributed by atoms with Gasteiger partial charge in [-0.3, -0.25) is 0 Å². The highest BCUT2D eigenvalue weighted by molar-refractivity contribution is 9.09. The summed E-state index contributed by atoms with van der Waals surface area (Å²) < 4.78 is 5.63. The molecule has 1 unspecified atom stereocenters. The van der Waals surface area contributed by atoms with Gasteiger partial charge in [0.25, 0.3) is 0 Å². The monoisotopic (exact) mass is 240 g/mol. The van der Waals surface area contributed by atoms with E-state index in [1.54, 1.807) is 0 Å². The highest BCUT2D eigenvalue weighted by Crippen LogP contribution is 2.29. The van der Waals surface area contributed by atoms with E-state index in [2.05, 4.69) is 41.1 Å². The zero-order valence-corrected chi connectivity index (χ0v) is 9.30. The van der Waals surface area contributed by atoms with Gasteiger partial charge in [0.2, 0.25) is 0 Å². The highest BCUT2D eigenvalue weighted by Gasteiger charge is 2.18. The molecule has 0 spiro atoms. The third-order valence-electron chi connectivity index (χ3n) is 2.34. The van der Waals surface area contributed by atoms with Gasteiger partial charge < -0.3 is 4.74 Å². The molecule has 2 rings (SSSR count). The number of fused-ring (bicyclic) bond motifs is 1. The zero-order valence-electron chi connectivity index (χ0n) is 7.72. The van der Waals surface area contributed by atoms with Crippen LogP contribution in [-0.2, 0) is 12.8 Å². The van der Waals surface area contributed by atoms with Gasteiger partial charge >= 0.3 is 0 Å². The number of halogens is 1. The summed E-state index contributed by atoms with van der Waals surface area (Å²) in [7, 11) is 0. The summed E-state index contributed by atoms with van der Waals surface area (Å²) in [6, 6.07) is 6.51. The lowest BCUT2D eigenvalue weighted by atomic mass is 10.1. The maximum atomic E-state index is 5.63. The molecule has 1 heterocycles. The van der Waals surface area contributed by atoms with Crippen molar-refractivity contribution in [3.05, 3.63) is 29.3 Å². The Bertz CT molecular complexity index is 309. The predicted octanol–water partition coefficient (Wildman–Crippen LogP) is 2.95. The van der Waals surface area contributed by atoms with Crippen molar-refractivity contribution in [1.29, 1.82) is 0 Å². The largest absolute Gasteiger partial charge is 0.490 e. The lowest BCUT2D eigenvalue weighted by Crippen LogP contribution is -2.05. The van der Waals surface area contributed by atoms with Crippen LogP contribution in [0.25, 0.3) is 0 Å². The molecule has 0 saturated heterocycles. The molecule has 1 aliphatic heterocycles. The number of hydrogen-bond donors (Lipinski definition) is 0. The molecule has 1 aliphatic rings. The molecule has 0 fully saturated rings. The van der Waals surface area contributed by atoms with E-state index in [0.29, 0.717) is 6.10 Å². The van der Waals surface area contributed by atoms with E-state index >= 15 is 0 Å². The molecular weight excluding hydrogens is 228 g/mol. The van der Waals surface area contributed by atoms with Gasteiger partial charge in [0.15, 0.2) is 0 Å². The van der Waals surface area contributed by atoms with Crippen molar-refractivity contribution in [2.45, 2.75) is 25.9 Å². The normalized spacial score (nSPS) is 19.7. The molecule has 1 nitrogen and oxygen atoms in total. The Kier molecular flexibility index (Phi) is 2.58. The molecule has 13 heavy (non-hydrogen) atoms. The first-order valence-electron chi connectivity index (χ1n) is 4.64. The lowest BCUT2D eigenvalue weighted by molar-refractivity contribution is 0.254. The number of ether oxygens (including phenoxy) is 1. The summed E-state index contributed by atoms with van der Waals surface area (Å²) in [6.45, 7) is 2.12. The van der Waals surface area contributed by atoms with Gasteiger partial charge in [-0.1, -0.05) is 28.1 Å². The lowest BCUT2D eigenvalue weighted by Gasteiger charge is -2.02. The van der Waals surface area contributed by atoms with Gasteiger partial charge in [0.1, 0.15) is 11.9 Å². The van der Waals surface area contributed by atoms with Crippen molar-refractivity contribution in [2.24, 2.45) is 0 Å². The highest BCUT2D eigenvalue weighted by atomic mass is 79.9. The van der Waals surface area contributed by atoms with Gasteiger partial charge in [-0.05, 0) is 30.5 Å². The number of hydrogen-bond acceptors (Lipinski definition) is 1. The van der Waals surface area contributed by atoms with E-state index in [4.69, 9.17) is 4.74 Å². The number of aryl methyl sites for hydroxylation is 1. The van der Waals surface area contributed by atoms with Crippen LogP contribution in [-0.4, -0.2) is 11.4 Å². The molecular formula is C11H13BrO. The molecule has 0 aliphatic carbocycles. The van der Waals surface area contributed by atoms with Crippen LogP contribution in [0.4, 0.5) is 0 Å². The Morgan fingerprint density at radius 2 is 2.38 bits per heavy atom. The summed E-state index contributed by atoms with van der Waals surface area (Å²) in [6.07, 6.45) is 2.52. The molecule has 0 bridgehead atoms. The zero-order chi connectivity index (χ0) is 9.26. The van der Waals surface area contributed by atoms with Crippen molar-refractivity contribution in [1.82, 2.24) is 0 Å².